The summed E-state index contributed by atoms with van der Waals surface area (Å²) in [4.78, 5) is 58.4. The zero-order valence-corrected chi connectivity index (χ0v) is 29.3. The molecule has 3 aromatic carbocycles. The molecule has 4 N–H and O–H groups in total. The largest absolute Gasteiger partial charge is 0.494 e. The van der Waals surface area contributed by atoms with Crippen LogP contribution in [0.3, 0.4) is 0 Å². The van der Waals surface area contributed by atoms with Crippen molar-refractivity contribution in [3.8, 4) is 28.3 Å². The molecule has 4 rings (SSSR count). The summed E-state index contributed by atoms with van der Waals surface area (Å²) in [6.07, 6.45) is 8.63. The van der Waals surface area contributed by atoms with E-state index in [4.69, 9.17) is 9.84 Å². The molecule has 0 aliphatic rings. The van der Waals surface area contributed by atoms with Gasteiger partial charge in [-0.25, -0.2) is 14.8 Å². The van der Waals surface area contributed by atoms with Crippen LogP contribution in [0.5, 0.6) is 5.75 Å². The fourth-order valence-corrected chi connectivity index (χ4v) is 5.41. The van der Waals surface area contributed by atoms with E-state index in [1.54, 1.807) is 48.8 Å². The van der Waals surface area contributed by atoms with Crippen LogP contribution in [0.2, 0.25) is 0 Å². The average Bonchev–Trinajstić information content (AvgIpc) is 3.13. The van der Waals surface area contributed by atoms with Crippen molar-refractivity contribution in [3.05, 3.63) is 102 Å². The molecule has 0 fully saturated rings. The topological polar surface area (TPSA) is 168 Å². The summed E-state index contributed by atoms with van der Waals surface area (Å²) < 4.78 is 5.87. The highest BCUT2D eigenvalue weighted by atomic mass is 16.5. The minimum atomic E-state index is -1.67. The number of hydrogen-bond donors (Lipinski definition) is 4. The first-order valence-electron chi connectivity index (χ1n) is 17.3. The third-order valence-electron chi connectivity index (χ3n) is 8.46. The maximum Gasteiger partial charge on any atom is 0.326 e. The molecule has 51 heavy (non-hydrogen) atoms. The third-order valence-corrected chi connectivity index (χ3v) is 8.46. The van der Waals surface area contributed by atoms with E-state index >= 15 is 0 Å². The number of aromatic nitrogens is 2. The van der Waals surface area contributed by atoms with Gasteiger partial charge in [0.05, 0.1) is 13.0 Å². The van der Waals surface area contributed by atoms with Gasteiger partial charge in [-0.05, 0) is 53.3 Å². The van der Waals surface area contributed by atoms with Crippen molar-refractivity contribution >= 4 is 23.8 Å². The Balaban J connectivity index is 1.43. The van der Waals surface area contributed by atoms with Crippen LogP contribution in [-0.2, 0) is 20.8 Å². The smallest absolute Gasteiger partial charge is 0.326 e. The molecule has 0 aliphatic heterocycles. The van der Waals surface area contributed by atoms with Crippen molar-refractivity contribution < 1.29 is 34.1 Å². The van der Waals surface area contributed by atoms with Gasteiger partial charge in [0.2, 0.25) is 5.91 Å². The Morgan fingerprint density at radius 3 is 1.94 bits per heavy atom. The lowest BCUT2D eigenvalue weighted by molar-refractivity contribution is -0.147. The summed E-state index contributed by atoms with van der Waals surface area (Å²) in [7, 11) is 0. The molecule has 0 aliphatic carbocycles. The van der Waals surface area contributed by atoms with Crippen LogP contribution in [0.25, 0.3) is 22.5 Å². The van der Waals surface area contributed by atoms with Gasteiger partial charge < -0.3 is 25.6 Å². The molecule has 2 atom stereocenters. The molecule has 0 radical (unpaired) electrons. The molecular formula is C40H46N4O7. The molecule has 0 bridgehead atoms. The zero-order valence-electron chi connectivity index (χ0n) is 29.3. The first kappa shape index (κ1) is 38.2. The number of carboxylic acids is 2. The molecule has 1 heterocycles. The van der Waals surface area contributed by atoms with E-state index in [0.29, 0.717) is 23.6 Å². The number of carbonyl (C=O) groups is 4. The second kappa shape index (κ2) is 19.0. The number of ether oxygens (including phenoxy) is 1. The summed E-state index contributed by atoms with van der Waals surface area (Å²) >= 11 is 0. The Bertz CT molecular complexity index is 1740. The predicted octanol–water partition coefficient (Wildman–Crippen LogP) is 6.67. The Morgan fingerprint density at radius 2 is 1.35 bits per heavy atom. The van der Waals surface area contributed by atoms with E-state index in [2.05, 4.69) is 27.5 Å². The van der Waals surface area contributed by atoms with Gasteiger partial charge in [0.25, 0.3) is 5.91 Å². The molecule has 2 unspecified atom stereocenters. The number of benzene rings is 3. The zero-order chi connectivity index (χ0) is 36.8. The van der Waals surface area contributed by atoms with Gasteiger partial charge in [0.1, 0.15) is 17.8 Å². The molecule has 11 heteroatoms. The lowest BCUT2D eigenvalue weighted by Gasteiger charge is -2.21. The second-order valence-electron chi connectivity index (χ2n) is 12.8. The molecule has 0 saturated carbocycles. The number of carboxylic acid groups (broad SMARTS) is 2. The van der Waals surface area contributed by atoms with Gasteiger partial charge in [-0.2, -0.15) is 0 Å². The highest BCUT2D eigenvalue weighted by Gasteiger charge is 2.29. The molecule has 11 nitrogen and oxygen atoms in total. The van der Waals surface area contributed by atoms with Gasteiger partial charge in [-0.3, -0.25) is 14.4 Å². The lowest BCUT2D eigenvalue weighted by Crippen LogP contribution is -2.53. The van der Waals surface area contributed by atoms with Gasteiger partial charge in [-0.15, -0.1) is 0 Å². The van der Waals surface area contributed by atoms with Gasteiger partial charge >= 0.3 is 11.9 Å². The van der Waals surface area contributed by atoms with E-state index in [-0.39, 0.29) is 12.3 Å². The number of carbonyl (C=O) groups excluding carboxylic acids is 2. The van der Waals surface area contributed by atoms with Crippen molar-refractivity contribution in [1.29, 1.82) is 0 Å². The quantitative estimate of drug-likeness (QED) is 0.0784. The SMILES string of the molecule is CCCCCCCOc1ccc(-c2cnc(-c3ccc(CC(NC(=O)c4ccc(C(C)C)cc4)C(=O)NC(CC(=O)O)C(=O)O)cc3)nc2)cc1. The molecule has 0 spiro atoms. The van der Waals surface area contributed by atoms with E-state index in [0.717, 1.165) is 34.4 Å². The number of nitrogens with one attached hydrogen (secondary N) is 2. The van der Waals surface area contributed by atoms with Crippen LogP contribution in [0.1, 0.15) is 86.7 Å². The summed E-state index contributed by atoms with van der Waals surface area (Å²) in [6.45, 7) is 6.97. The molecule has 1 aromatic heterocycles. The maximum absolute atomic E-state index is 13.3. The van der Waals surface area contributed by atoms with E-state index in [1.807, 2.05) is 50.2 Å². The van der Waals surface area contributed by atoms with Crippen LogP contribution < -0.4 is 15.4 Å². The first-order chi connectivity index (χ1) is 24.5. The maximum atomic E-state index is 13.3. The highest BCUT2D eigenvalue weighted by molar-refractivity contribution is 5.98. The average molecular weight is 695 g/mol. The van der Waals surface area contributed by atoms with Crippen molar-refractivity contribution in [2.45, 2.75) is 83.7 Å². The van der Waals surface area contributed by atoms with Gasteiger partial charge in [0.15, 0.2) is 5.82 Å². The van der Waals surface area contributed by atoms with Crippen LogP contribution >= 0.6 is 0 Å². The number of rotatable bonds is 19. The Kier molecular flexibility index (Phi) is 14.2. The highest BCUT2D eigenvalue weighted by Crippen LogP contribution is 2.24. The molecule has 268 valence electrons. The summed E-state index contributed by atoms with van der Waals surface area (Å²) in [5.41, 5.74) is 4.58. The number of nitrogens with zero attached hydrogens (tertiary/aromatic N) is 2. The first-order valence-corrected chi connectivity index (χ1v) is 17.3. The van der Waals surface area contributed by atoms with Crippen LogP contribution in [0.15, 0.2) is 85.2 Å². The van der Waals surface area contributed by atoms with Crippen LogP contribution in [0.4, 0.5) is 0 Å². The summed E-state index contributed by atoms with van der Waals surface area (Å²) in [5.74, 6) is -2.63. The number of amides is 2. The van der Waals surface area contributed by atoms with Crippen molar-refractivity contribution in [1.82, 2.24) is 20.6 Å². The van der Waals surface area contributed by atoms with E-state index in [1.165, 1.54) is 25.7 Å². The third kappa shape index (κ3) is 11.8. The minimum absolute atomic E-state index is 0.0136. The van der Waals surface area contributed by atoms with Crippen LogP contribution in [0, 0.1) is 0 Å². The molecule has 0 saturated heterocycles. The van der Waals surface area contributed by atoms with Crippen molar-refractivity contribution in [2.75, 3.05) is 6.61 Å². The van der Waals surface area contributed by atoms with Crippen LogP contribution in [-0.4, -0.2) is 62.6 Å². The fraction of sp³-hybridized carbons (Fsp3) is 0.350. The van der Waals surface area contributed by atoms with E-state index < -0.39 is 42.3 Å². The number of hydrogen-bond acceptors (Lipinski definition) is 7. The summed E-state index contributed by atoms with van der Waals surface area (Å²) in [5, 5.41) is 23.6. The van der Waals surface area contributed by atoms with Gasteiger partial charge in [-0.1, -0.05) is 95.0 Å². The normalized spacial score (nSPS) is 12.2. The van der Waals surface area contributed by atoms with Crippen molar-refractivity contribution in [3.63, 3.8) is 0 Å². The predicted molar refractivity (Wildman–Crippen MR) is 194 cm³/mol. The Morgan fingerprint density at radius 1 is 0.725 bits per heavy atom. The molecule has 4 aromatic rings. The van der Waals surface area contributed by atoms with Crippen molar-refractivity contribution in [2.24, 2.45) is 0 Å². The number of unbranched alkanes of at least 4 members (excludes halogenated alkanes) is 4. The Hall–Kier alpha value is -5.58. The lowest BCUT2D eigenvalue weighted by atomic mass is 10.0. The monoisotopic (exact) mass is 694 g/mol. The molecule has 2 amide bonds. The minimum Gasteiger partial charge on any atom is -0.494 e. The van der Waals surface area contributed by atoms with Gasteiger partial charge in [0, 0.05) is 35.5 Å². The summed E-state index contributed by atoms with van der Waals surface area (Å²) in [6, 6.07) is 19.1. The fourth-order valence-electron chi connectivity index (χ4n) is 5.41. The molecular weight excluding hydrogens is 648 g/mol. The standard InChI is InChI=1S/C40H46N4O7/c1-4-5-6-7-8-21-51-33-19-17-29(18-20-33)32-24-41-37(42-25-32)30-11-9-27(10-12-30)22-34(39(48)44-35(40(49)50)23-36(45)46)43-38(47)31-15-13-28(14-16-31)26(2)3/h9-20,24-26,34-35H,4-8,21-23H2,1-3H3,(H,43,47)(H,44,48)(H,45,46)(H,49,50). The Labute approximate surface area is 298 Å². The van der Waals surface area contributed by atoms with E-state index in [9.17, 15) is 24.3 Å². The number of aliphatic carboxylic acids is 2. The second-order valence-corrected chi connectivity index (χ2v) is 12.8.